The lowest BCUT2D eigenvalue weighted by atomic mass is 10.1. The molecule has 0 radical (unpaired) electrons. The minimum Gasteiger partial charge on any atom is -0.390 e. The zero-order valence-electron chi connectivity index (χ0n) is 8.94. The predicted molar refractivity (Wildman–Crippen MR) is 59.7 cm³/mol. The second kappa shape index (κ2) is 4.17. The fourth-order valence-electron chi connectivity index (χ4n) is 1.97. The van der Waals surface area contributed by atoms with Crippen LogP contribution in [-0.2, 0) is 11.2 Å². The summed E-state index contributed by atoms with van der Waals surface area (Å²) < 4.78 is 5.65. The second-order valence-corrected chi connectivity index (χ2v) is 4.16. The molecule has 0 aromatic heterocycles. The van der Waals surface area contributed by atoms with Gasteiger partial charge in [0, 0.05) is 6.42 Å². The third-order valence-electron chi connectivity index (χ3n) is 2.65. The van der Waals surface area contributed by atoms with Crippen molar-refractivity contribution in [2.45, 2.75) is 25.6 Å². The van der Waals surface area contributed by atoms with Crippen LogP contribution in [0.1, 0.15) is 24.2 Å². The maximum absolute atomic E-state index is 9.87. The maximum Gasteiger partial charge on any atom is 0.109 e. The number of fused-ring (bicyclic) bond motifs is 1. The van der Waals surface area contributed by atoms with E-state index < -0.39 is 6.10 Å². The average Bonchev–Trinajstić information content (AvgIpc) is 2.50. The lowest BCUT2D eigenvalue weighted by Crippen LogP contribution is -2.17. The molecule has 0 aliphatic heterocycles. The molecule has 2 rings (SSSR count). The third kappa shape index (κ3) is 2.11. The van der Waals surface area contributed by atoms with Crippen molar-refractivity contribution in [3.05, 3.63) is 47.5 Å². The number of benzene rings is 1. The van der Waals surface area contributed by atoms with Crippen molar-refractivity contribution in [1.29, 1.82) is 0 Å². The van der Waals surface area contributed by atoms with E-state index in [4.69, 9.17) is 4.74 Å². The van der Waals surface area contributed by atoms with Gasteiger partial charge in [0.1, 0.15) is 6.10 Å². The molecule has 80 valence electrons. The monoisotopic (exact) mass is 204 g/mol. The van der Waals surface area contributed by atoms with Crippen molar-refractivity contribution < 1.29 is 9.84 Å². The smallest absolute Gasteiger partial charge is 0.109 e. The Hall–Kier alpha value is -1.12. The Kier molecular flexibility index (Phi) is 2.89. The van der Waals surface area contributed by atoms with E-state index in [9.17, 15) is 5.11 Å². The first-order valence-corrected chi connectivity index (χ1v) is 5.20. The molecule has 1 aromatic carbocycles. The molecule has 0 saturated heterocycles. The summed E-state index contributed by atoms with van der Waals surface area (Å²) >= 11 is 0. The first-order valence-electron chi connectivity index (χ1n) is 5.20. The zero-order valence-corrected chi connectivity index (χ0v) is 8.94. The summed E-state index contributed by atoms with van der Waals surface area (Å²) in [5, 5.41) is 9.87. The number of hydrogen-bond acceptors (Lipinski definition) is 2. The summed E-state index contributed by atoms with van der Waals surface area (Å²) in [7, 11) is 0. The lowest BCUT2D eigenvalue weighted by Gasteiger charge is -2.16. The maximum atomic E-state index is 9.87. The van der Waals surface area contributed by atoms with Crippen molar-refractivity contribution in [3.8, 4) is 0 Å². The van der Waals surface area contributed by atoms with Gasteiger partial charge in [-0.05, 0) is 18.1 Å². The molecule has 1 aromatic rings. The molecule has 1 N–H and O–H groups in total. The molecule has 0 spiro atoms. The molecule has 2 heteroatoms. The minimum atomic E-state index is -0.415. The van der Waals surface area contributed by atoms with E-state index in [1.807, 2.05) is 31.2 Å². The Morgan fingerprint density at radius 1 is 1.53 bits per heavy atom. The molecule has 15 heavy (non-hydrogen) atoms. The van der Waals surface area contributed by atoms with E-state index in [0.29, 0.717) is 13.0 Å². The third-order valence-corrected chi connectivity index (χ3v) is 2.65. The van der Waals surface area contributed by atoms with Gasteiger partial charge in [0.05, 0.1) is 12.7 Å². The number of hydrogen-bond donors (Lipinski definition) is 1. The molecule has 0 unspecified atom stereocenters. The van der Waals surface area contributed by atoms with Gasteiger partial charge in [-0.15, -0.1) is 0 Å². The largest absolute Gasteiger partial charge is 0.390 e. The summed E-state index contributed by atoms with van der Waals surface area (Å²) in [6, 6.07) is 8.04. The van der Waals surface area contributed by atoms with Gasteiger partial charge in [0.15, 0.2) is 0 Å². The van der Waals surface area contributed by atoms with Crippen molar-refractivity contribution in [3.63, 3.8) is 0 Å². The molecule has 0 saturated carbocycles. The van der Waals surface area contributed by atoms with Crippen LogP contribution in [0.2, 0.25) is 0 Å². The van der Waals surface area contributed by atoms with E-state index in [1.165, 1.54) is 5.56 Å². The topological polar surface area (TPSA) is 29.5 Å². The highest BCUT2D eigenvalue weighted by Gasteiger charge is 2.31. The van der Waals surface area contributed by atoms with Crippen LogP contribution in [0.25, 0.3) is 0 Å². The zero-order chi connectivity index (χ0) is 10.8. The van der Waals surface area contributed by atoms with Gasteiger partial charge in [0.25, 0.3) is 0 Å². The molecule has 0 fully saturated rings. The predicted octanol–water partition coefficient (Wildman–Crippen LogP) is 2.24. The van der Waals surface area contributed by atoms with Crippen molar-refractivity contribution >= 4 is 0 Å². The summed E-state index contributed by atoms with van der Waals surface area (Å²) in [5.41, 5.74) is 3.29. The summed E-state index contributed by atoms with van der Waals surface area (Å²) in [5.74, 6) is 0. The Morgan fingerprint density at radius 3 is 3.00 bits per heavy atom. The van der Waals surface area contributed by atoms with Crippen LogP contribution in [-0.4, -0.2) is 17.8 Å². The van der Waals surface area contributed by atoms with Gasteiger partial charge in [-0.25, -0.2) is 0 Å². The average molecular weight is 204 g/mol. The van der Waals surface area contributed by atoms with E-state index in [1.54, 1.807) is 0 Å². The number of ether oxygens (including phenoxy) is 1. The Bertz CT molecular complexity index is 371. The van der Waals surface area contributed by atoms with Crippen LogP contribution in [0.3, 0.4) is 0 Å². The fraction of sp³-hybridized carbons (Fsp3) is 0.385. The van der Waals surface area contributed by atoms with Gasteiger partial charge in [-0.2, -0.15) is 0 Å². The first-order chi connectivity index (χ1) is 7.18. The Balaban J connectivity index is 2.15. The molecular formula is C13H16O2. The van der Waals surface area contributed by atoms with Gasteiger partial charge >= 0.3 is 0 Å². The van der Waals surface area contributed by atoms with E-state index in [2.05, 4.69) is 6.58 Å². The number of aliphatic hydroxyl groups is 1. The number of rotatable bonds is 3. The van der Waals surface area contributed by atoms with Crippen LogP contribution < -0.4 is 0 Å². The lowest BCUT2D eigenvalue weighted by molar-refractivity contribution is -0.0189. The summed E-state index contributed by atoms with van der Waals surface area (Å²) in [4.78, 5) is 0. The van der Waals surface area contributed by atoms with Crippen LogP contribution in [0.5, 0.6) is 0 Å². The van der Waals surface area contributed by atoms with Gasteiger partial charge in [0.2, 0.25) is 0 Å². The van der Waals surface area contributed by atoms with Crippen molar-refractivity contribution in [2.75, 3.05) is 6.61 Å². The second-order valence-electron chi connectivity index (χ2n) is 4.16. The molecule has 2 atom stereocenters. The molecule has 2 nitrogen and oxygen atoms in total. The van der Waals surface area contributed by atoms with Crippen LogP contribution in [0, 0.1) is 0 Å². The normalized spacial score (nSPS) is 23.9. The van der Waals surface area contributed by atoms with Crippen LogP contribution >= 0.6 is 0 Å². The molecular weight excluding hydrogens is 188 g/mol. The SMILES string of the molecule is C=C(C)CO[C@H]1c2ccccc2C[C@H]1O. The highest BCUT2D eigenvalue weighted by molar-refractivity contribution is 5.35. The molecule has 1 aliphatic rings. The number of aliphatic hydroxyl groups excluding tert-OH is 1. The van der Waals surface area contributed by atoms with Crippen LogP contribution in [0.4, 0.5) is 0 Å². The minimum absolute atomic E-state index is 0.183. The van der Waals surface area contributed by atoms with Crippen LogP contribution in [0.15, 0.2) is 36.4 Å². The molecule has 0 amide bonds. The highest BCUT2D eigenvalue weighted by Crippen LogP contribution is 2.34. The summed E-state index contributed by atoms with van der Waals surface area (Å²) in [6.45, 7) is 6.22. The Morgan fingerprint density at radius 2 is 2.27 bits per heavy atom. The Labute approximate surface area is 90.2 Å². The van der Waals surface area contributed by atoms with E-state index in [-0.39, 0.29) is 6.10 Å². The van der Waals surface area contributed by atoms with E-state index >= 15 is 0 Å². The van der Waals surface area contributed by atoms with Crippen molar-refractivity contribution in [1.82, 2.24) is 0 Å². The van der Waals surface area contributed by atoms with Gasteiger partial charge in [-0.3, -0.25) is 0 Å². The highest BCUT2D eigenvalue weighted by atomic mass is 16.5. The van der Waals surface area contributed by atoms with Gasteiger partial charge in [-0.1, -0.05) is 36.4 Å². The van der Waals surface area contributed by atoms with E-state index in [0.717, 1.165) is 11.1 Å². The standard InChI is InChI=1S/C13H16O2/c1-9(2)8-15-13-11-6-4-3-5-10(11)7-12(13)14/h3-6,12-14H,1,7-8H2,2H3/t12-,13+/m1/s1. The van der Waals surface area contributed by atoms with Crippen molar-refractivity contribution in [2.24, 2.45) is 0 Å². The molecule has 0 bridgehead atoms. The molecule has 0 heterocycles. The molecule has 1 aliphatic carbocycles. The summed E-state index contributed by atoms with van der Waals surface area (Å²) in [6.07, 6.45) is 0.0940. The van der Waals surface area contributed by atoms with Gasteiger partial charge < -0.3 is 9.84 Å². The first kappa shape index (κ1) is 10.4. The fourth-order valence-corrected chi connectivity index (χ4v) is 1.97. The quantitative estimate of drug-likeness (QED) is 0.765.